The molecule has 0 saturated carbocycles. The summed E-state index contributed by atoms with van der Waals surface area (Å²) in [5.41, 5.74) is 4.19. The highest BCUT2D eigenvalue weighted by Gasteiger charge is 2.17. The minimum atomic E-state index is 0.275. The van der Waals surface area contributed by atoms with E-state index in [9.17, 15) is 0 Å². The molecule has 1 fully saturated rings. The Balaban J connectivity index is 1.78. The highest BCUT2D eigenvalue weighted by Crippen LogP contribution is 2.24. The van der Waals surface area contributed by atoms with Crippen molar-refractivity contribution in [3.05, 3.63) is 22.4 Å². The first-order valence-corrected chi connectivity index (χ1v) is 6.94. The summed E-state index contributed by atoms with van der Waals surface area (Å²) < 4.78 is 5.72. The summed E-state index contributed by atoms with van der Waals surface area (Å²) in [5, 5.41) is 4.25. The summed E-state index contributed by atoms with van der Waals surface area (Å²) in [6.07, 6.45) is 6.34. The number of thiophene rings is 1. The molecule has 0 aromatic carbocycles. The van der Waals surface area contributed by atoms with Crippen LogP contribution in [0.2, 0.25) is 0 Å². The molecule has 16 heavy (non-hydrogen) atoms. The van der Waals surface area contributed by atoms with Crippen LogP contribution in [-0.4, -0.2) is 12.7 Å². The Hall–Kier alpha value is -0.420. The first-order chi connectivity index (χ1) is 7.90. The second-order valence-electron chi connectivity index (χ2n) is 4.34. The molecule has 90 valence electrons. The molecule has 0 radical (unpaired) electrons. The Morgan fingerprint density at radius 2 is 2.50 bits per heavy atom. The lowest BCUT2D eigenvalue weighted by Gasteiger charge is -2.24. The number of rotatable bonds is 5. The summed E-state index contributed by atoms with van der Waals surface area (Å²) in [6, 6.07) is 2.41. The van der Waals surface area contributed by atoms with Crippen LogP contribution in [0.3, 0.4) is 0 Å². The third kappa shape index (κ3) is 3.28. The average Bonchev–Trinajstić information content (AvgIpc) is 2.85. The topological polar surface area (TPSA) is 47.3 Å². The van der Waals surface area contributed by atoms with E-state index < -0.39 is 0 Å². The molecule has 1 saturated heterocycles. The largest absolute Gasteiger partial charge is 0.378 e. The molecule has 2 rings (SSSR count). The number of hydrogen-bond acceptors (Lipinski definition) is 4. The van der Waals surface area contributed by atoms with Crippen molar-refractivity contribution in [3.63, 3.8) is 0 Å². The second-order valence-corrected chi connectivity index (χ2v) is 5.12. The number of nitrogens with two attached hydrogens (primary N) is 1. The highest BCUT2D eigenvalue weighted by atomic mass is 32.1. The molecule has 3 N–H and O–H groups in total. The van der Waals surface area contributed by atoms with Gasteiger partial charge in [-0.3, -0.25) is 11.3 Å². The zero-order valence-corrected chi connectivity index (χ0v) is 10.3. The average molecular weight is 240 g/mol. The first-order valence-electron chi connectivity index (χ1n) is 6.00. The van der Waals surface area contributed by atoms with Crippen molar-refractivity contribution < 1.29 is 4.74 Å². The molecule has 2 atom stereocenters. The maximum absolute atomic E-state index is 5.72. The maximum Gasteiger partial charge on any atom is 0.0575 e. The Morgan fingerprint density at radius 3 is 3.12 bits per heavy atom. The summed E-state index contributed by atoms with van der Waals surface area (Å²) in [6.45, 7) is 0.934. The van der Waals surface area contributed by atoms with Crippen LogP contribution in [0.15, 0.2) is 16.8 Å². The van der Waals surface area contributed by atoms with Gasteiger partial charge >= 0.3 is 0 Å². The molecular weight excluding hydrogens is 220 g/mol. The van der Waals surface area contributed by atoms with Crippen LogP contribution in [0.4, 0.5) is 0 Å². The Bertz CT molecular complexity index is 283. The third-order valence-corrected chi connectivity index (χ3v) is 3.90. The minimum Gasteiger partial charge on any atom is -0.378 e. The fourth-order valence-corrected chi connectivity index (χ4v) is 2.92. The molecule has 0 spiro atoms. The van der Waals surface area contributed by atoms with Crippen LogP contribution in [0.25, 0.3) is 0 Å². The molecular formula is C12H20N2OS. The molecule has 1 aliphatic heterocycles. The zero-order chi connectivity index (χ0) is 11.2. The van der Waals surface area contributed by atoms with Gasteiger partial charge in [0.2, 0.25) is 0 Å². The van der Waals surface area contributed by atoms with Crippen molar-refractivity contribution in [2.75, 3.05) is 6.61 Å². The maximum atomic E-state index is 5.72. The Labute approximate surface area is 101 Å². The first kappa shape index (κ1) is 12.0. The SMILES string of the molecule is NNC(CCC1CCCCO1)c1ccsc1. The van der Waals surface area contributed by atoms with E-state index in [-0.39, 0.29) is 6.04 Å². The Morgan fingerprint density at radius 1 is 1.56 bits per heavy atom. The quantitative estimate of drug-likeness (QED) is 0.614. The summed E-state index contributed by atoms with van der Waals surface area (Å²) >= 11 is 1.72. The number of hydrazine groups is 1. The molecule has 3 nitrogen and oxygen atoms in total. The van der Waals surface area contributed by atoms with E-state index in [4.69, 9.17) is 10.6 Å². The van der Waals surface area contributed by atoms with Gasteiger partial charge in [0, 0.05) is 12.6 Å². The van der Waals surface area contributed by atoms with Crippen molar-refractivity contribution in [1.29, 1.82) is 0 Å². The summed E-state index contributed by atoms with van der Waals surface area (Å²) in [4.78, 5) is 0. The number of ether oxygens (including phenoxy) is 1. The predicted molar refractivity (Wildman–Crippen MR) is 67.2 cm³/mol. The van der Waals surface area contributed by atoms with E-state index in [0.29, 0.717) is 6.10 Å². The monoisotopic (exact) mass is 240 g/mol. The molecule has 1 aromatic heterocycles. The Kier molecular flexibility index (Phi) is 4.78. The molecule has 1 aromatic rings. The molecule has 2 heterocycles. The molecule has 0 amide bonds. The van der Waals surface area contributed by atoms with Gasteiger partial charge in [0.25, 0.3) is 0 Å². The molecule has 0 aliphatic carbocycles. The lowest BCUT2D eigenvalue weighted by atomic mass is 9.99. The van der Waals surface area contributed by atoms with Crippen LogP contribution in [0.5, 0.6) is 0 Å². The lowest BCUT2D eigenvalue weighted by Crippen LogP contribution is -2.29. The van der Waals surface area contributed by atoms with Gasteiger partial charge in [-0.05, 0) is 54.5 Å². The van der Waals surface area contributed by atoms with Crippen LogP contribution in [0, 0.1) is 0 Å². The van der Waals surface area contributed by atoms with Gasteiger partial charge in [0.1, 0.15) is 0 Å². The second kappa shape index (κ2) is 6.35. The van der Waals surface area contributed by atoms with Gasteiger partial charge in [-0.15, -0.1) is 0 Å². The highest BCUT2D eigenvalue weighted by molar-refractivity contribution is 7.07. The van der Waals surface area contributed by atoms with Gasteiger partial charge in [0.05, 0.1) is 6.10 Å². The fraction of sp³-hybridized carbons (Fsp3) is 0.667. The standard InChI is InChI=1S/C12H20N2OS/c13-14-12(10-6-8-16-9-10)5-4-11-3-1-2-7-15-11/h6,8-9,11-12,14H,1-5,7,13H2. The summed E-state index contributed by atoms with van der Waals surface area (Å²) in [7, 11) is 0. The van der Waals surface area contributed by atoms with Gasteiger partial charge in [0.15, 0.2) is 0 Å². The molecule has 4 heteroatoms. The van der Waals surface area contributed by atoms with E-state index >= 15 is 0 Å². The van der Waals surface area contributed by atoms with Crippen LogP contribution >= 0.6 is 11.3 Å². The number of hydrogen-bond donors (Lipinski definition) is 2. The van der Waals surface area contributed by atoms with Crippen molar-refractivity contribution in [1.82, 2.24) is 5.43 Å². The van der Waals surface area contributed by atoms with Crippen molar-refractivity contribution in [2.45, 2.75) is 44.2 Å². The lowest BCUT2D eigenvalue weighted by molar-refractivity contribution is 0.00855. The van der Waals surface area contributed by atoms with E-state index in [0.717, 1.165) is 19.4 Å². The van der Waals surface area contributed by atoms with Crippen molar-refractivity contribution >= 4 is 11.3 Å². The van der Waals surface area contributed by atoms with Crippen molar-refractivity contribution in [2.24, 2.45) is 5.84 Å². The van der Waals surface area contributed by atoms with Crippen LogP contribution < -0.4 is 11.3 Å². The molecule has 2 unspecified atom stereocenters. The number of nitrogens with one attached hydrogen (secondary N) is 1. The van der Waals surface area contributed by atoms with Crippen molar-refractivity contribution in [3.8, 4) is 0 Å². The van der Waals surface area contributed by atoms with Gasteiger partial charge in [-0.2, -0.15) is 11.3 Å². The fourth-order valence-electron chi connectivity index (χ4n) is 2.21. The molecule has 1 aliphatic rings. The normalized spacial score (nSPS) is 23.2. The van der Waals surface area contributed by atoms with Crippen LogP contribution in [-0.2, 0) is 4.74 Å². The van der Waals surface area contributed by atoms with Crippen LogP contribution in [0.1, 0.15) is 43.7 Å². The smallest absolute Gasteiger partial charge is 0.0575 e. The van der Waals surface area contributed by atoms with Gasteiger partial charge < -0.3 is 4.74 Å². The summed E-state index contributed by atoms with van der Waals surface area (Å²) in [5.74, 6) is 5.59. The predicted octanol–water partition coefficient (Wildman–Crippen LogP) is 2.60. The minimum absolute atomic E-state index is 0.275. The van der Waals surface area contributed by atoms with E-state index in [1.165, 1.54) is 24.8 Å². The molecule has 0 bridgehead atoms. The van der Waals surface area contributed by atoms with E-state index in [2.05, 4.69) is 22.3 Å². The van der Waals surface area contributed by atoms with Gasteiger partial charge in [-0.25, -0.2) is 0 Å². The van der Waals surface area contributed by atoms with E-state index in [1.54, 1.807) is 11.3 Å². The van der Waals surface area contributed by atoms with Gasteiger partial charge in [-0.1, -0.05) is 0 Å². The third-order valence-electron chi connectivity index (χ3n) is 3.20. The van der Waals surface area contributed by atoms with E-state index in [1.807, 2.05) is 0 Å². The zero-order valence-electron chi connectivity index (χ0n) is 9.52.